The molecule has 0 aliphatic carbocycles. The van der Waals surface area contributed by atoms with Gasteiger partial charge in [-0.05, 0) is 40.0 Å². The number of amides is 3. The highest BCUT2D eigenvalue weighted by Crippen LogP contribution is 2.06. The van der Waals surface area contributed by atoms with Crippen molar-refractivity contribution in [2.24, 2.45) is 5.73 Å². The molecule has 0 saturated carbocycles. The summed E-state index contributed by atoms with van der Waals surface area (Å²) < 4.78 is 5.12. The topological polar surface area (TPSA) is 123 Å². The molecule has 8 nitrogen and oxygen atoms in total. The van der Waals surface area contributed by atoms with Crippen molar-refractivity contribution in [2.75, 3.05) is 19.6 Å². The summed E-state index contributed by atoms with van der Waals surface area (Å²) >= 11 is 0. The molecule has 134 valence electrons. The number of nitrogens with one attached hydrogen (secondary N) is 3. The first-order valence-electron chi connectivity index (χ1n) is 7.87. The number of alkyl carbamates (subject to hydrolysis) is 1. The van der Waals surface area contributed by atoms with Crippen LogP contribution in [0.15, 0.2) is 0 Å². The largest absolute Gasteiger partial charge is 0.444 e. The second-order valence-electron chi connectivity index (χ2n) is 6.26. The van der Waals surface area contributed by atoms with Crippen LogP contribution in [0, 0.1) is 0 Å². The minimum atomic E-state index is -0.583. The summed E-state index contributed by atoms with van der Waals surface area (Å²) in [5, 5.41) is 7.92. The van der Waals surface area contributed by atoms with E-state index in [4.69, 9.17) is 10.5 Å². The molecule has 0 aromatic rings. The van der Waals surface area contributed by atoms with Gasteiger partial charge in [-0.1, -0.05) is 0 Å². The Bertz CT molecular complexity index is 393. The van der Waals surface area contributed by atoms with Crippen LogP contribution in [0.3, 0.4) is 0 Å². The average molecular weight is 330 g/mol. The van der Waals surface area contributed by atoms with E-state index in [0.717, 1.165) is 0 Å². The highest BCUT2D eigenvalue weighted by molar-refractivity contribution is 5.86. The lowest BCUT2D eigenvalue weighted by Gasteiger charge is -2.20. The molecule has 0 aliphatic heterocycles. The van der Waals surface area contributed by atoms with Crippen molar-refractivity contribution in [1.82, 2.24) is 16.0 Å². The molecule has 1 atom stereocenters. The Kier molecular flexibility index (Phi) is 9.96. The molecule has 0 bridgehead atoms. The van der Waals surface area contributed by atoms with Crippen molar-refractivity contribution >= 4 is 17.9 Å². The number of rotatable bonds is 9. The normalized spacial score (nSPS) is 12.2. The summed E-state index contributed by atoms with van der Waals surface area (Å²) in [7, 11) is 0. The summed E-state index contributed by atoms with van der Waals surface area (Å²) in [6.45, 7) is 7.92. The lowest BCUT2D eigenvalue weighted by Crippen LogP contribution is -2.47. The predicted molar refractivity (Wildman–Crippen MR) is 87.8 cm³/mol. The van der Waals surface area contributed by atoms with Gasteiger partial charge in [0.1, 0.15) is 11.6 Å². The molecule has 3 amide bonds. The van der Waals surface area contributed by atoms with Gasteiger partial charge in [0.05, 0.1) is 0 Å². The van der Waals surface area contributed by atoms with E-state index in [-0.39, 0.29) is 11.8 Å². The Morgan fingerprint density at radius 3 is 2.26 bits per heavy atom. The Hall–Kier alpha value is -1.83. The van der Waals surface area contributed by atoms with Crippen molar-refractivity contribution in [3.8, 4) is 0 Å². The molecular formula is C15H30N4O4. The highest BCUT2D eigenvalue weighted by atomic mass is 16.6. The third kappa shape index (κ3) is 12.4. The Labute approximate surface area is 137 Å². The maximum atomic E-state index is 11.9. The van der Waals surface area contributed by atoms with Crippen molar-refractivity contribution in [1.29, 1.82) is 0 Å². The maximum absolute atomic E-state index is 11.9. The van der Waals surface area contributed by atoms with E-state index in [1.54, 1.807) is 20.8 Å². The minimum absolute atomic E-state index is 0.245. The molecule has 0 aromatic heterocycles. The first-order valence-corrected chi connectivity index (χ1v) is 7.87. The monoisotopic (exact) mass is 330 g/mol. The van der Waals surface area contributed by atoms with Gasteiger partial charge in [-0.2, -0.15) is 0 Å². The molecule has 1 unspecified atom stereocenters. The fourth-order valence-corrected chi connectivity index (χ4v) is 1.81. The Balaban J connectivity index is 4.05. The summed E-state index contributed by atoms with van der Waals surface area (Å²) in [5.41, 5.74) is 4.81. The molecule has 8 heteroatoms. The second-order valence-corrected chi connectivity index (χ2v) is 6.26. The zero-order valence-corrected chi connectivity index (χ0v) is 14.5. The molecule has 0 heterocycles. The second kappa shape index (κ2) is 10.8. The van der Waals surface area contributed by atoms with Gasteiger partial charge in [0.2, 0.25) is 11.8 Å². The van der Waals surface area contributed by atoms with Crippen LogP contribution in [0.4, 0.5) is 4.79 Å². The molecule has 0 aliphatic rings. The number of carbonyl (C=O) groups excluding carboxylic acids is 3. The standard InChI is InChI=1S/C15H30N4O4/c1-11(20)19-12(13(21)17-10-8-16)7-5-6-9-18-14(22)23-15(2,3)4/h12H,5-10,16H2,1-4H3,(H,17,21)(H,18,22)(H,19,20). The molecule has 23 heavy (non-hydrogen) atoms. The first-order chi connectivity index (χ1) is 10.7. The first kappa shape index (κ1) is 21.2. The maximum Gasteiger partial charge on any atom is 0.407 e. The number of unbranched alkanes of at least 4 members (excludes halogenated alkanes) is 1. The van der Waals surface area contributed by atoms with E-state index in [1.165, 1.54) is 6.92 Å². The van der Waals surface area contributed by atoms with E-state index >= 15 is 0 Å². The van der Waals surface area contributed by atoms with Crippen LogP contribution in [-0.2, 0) is 14.3 Å². The highest BCUT2D eigenvalue weighted by Gasteiger charge is 2.19. The molecule has 0 radical (unpaired) electrons. The van der Waals surface area contributed by atoms with Gasteiger partial charge < -0.3 is 26.4 Å². The fraction of sp³-hybridized carbons (Fsp3) is 0.800. The van der Waals surface area contributed by atoms with Crippen LogP contribution in [0.1, 0.15) is 47.0 Å². The molecule has 0 rings (SSSR count). The van der Waals surface area contributed by atoms with E-state index < -0.39 is 17.7 Å². The van der Waals surface area contributed by atoms with E-state index in [1.807, 2.05) is 0 Å². The van der Waals surface area contributed by atoms with Crippen LogP contribution in [0.25, 0.3) is 0 Å². The summed E-state index contributed by atoms with van der Waals surface area (Å²) in [6, 6.07) is -0.583. The van der Waals surface area contributed by atoms with Gasteiger partial charge in [0, 0.05) is 26.6 Å². The summed E-state index contributed by atoms with van der Waals surface area (Å²) in [4.78, 5) is 34.5. The number of ether oxygens (including phenoxy) is 1. The Morgan fingerprint density at radius 1 is 1.09 bits per heavy atom. The van der Waals surface area contributed by atoms with Gasteiger partial charge >= 0.3 is 6.09 Å². The molecule has 5 N–H and O–H groups in total. The van der Waals surface area contributed by atoms with Crippen molar-refractivity contribution in [3.63, 3.8) is 0 Å². The quantitative estimate of drug-likeness (QED) is 0.452. The number of hydrogen-bond donors (Lipinski definition) is 4. The van der Waals surface area contributed by atoms with Crippen LogP contribution >= 0.6 is 0 Å². The molecule has 0 aromatic carbocycles. The number of nitrogens with two attached hydrogens (primary N) is 1. The van der Waals surface area contributed by atoms with Crippen LogP contribution in [0.2, 0.25) is 0 Å². The minimum Gasteiger partial charge on any atom is -0.444 e. The zero-order valence-electron chi connectivity index (χ0n) is 14.5. The lowest BCUT2D eigenvalue weighted by molar-refractivity contribution is -0.128. The van der Waals surface area contributed by atoms with E-state index in [9.17, 15) is 14.4 Å². The van der Waals surface area contributed by atoms with Crippen LogP contribution in [0.5, 0.6) is 0 Å². The van der Waals surface area contributed by atoms with Gasteiger partial charge in [-0.3, -0.25) is 9.59 Å². The van der Waals surface area contributed by atoms with Crippen LogP contribution in [-0.4, -0.2) is 49.2 Å². The van der Waals surface area contributed by atoms with Crippen molar-refractivity contribution in [2.45, 2.75) is 58.6 Å². The van der Waals surface area contributed by atoms with Crippen LogP contribution < -0.4 is 21.7 Å². The van der Waals surface area contributed by atoms with E-state index in [2.05, 4.69) is 16.0 Å². The summed E-state index contributed by atoms with van der Waals surface area (Å²) in [5.74, 6) is -0.504. The lowest BCUT2D eigenvalue weighted by atomic mass is 10.1. The van der Waals surface area contributed by atoms with Gasteiger partial charge in [0.25, 0.3) is 0 Å². The van der Waals surface area contributed by atoms with Gasteiger partial charge in [-0.25, -0.2) is 4.79 Å². The van der Waals surface area contributed by atoms with Crippen molar-refractivity contribution in [3.05, 3.63) is 0 Å². The number of hydrogen-bond acceptors (Lipinski definition) is 5. The van der Waals surface area contributed by atoms with Gasteiger partial charge in [-0.15, -0.1) is 0 Å². The molecule has 0 spiro atoms. The molecular weight excluding hydrogens is 300 g/mol. The molecule has 0 fully saturated rings. The third-order valence-corrected chi connectivity index (χ3v) is 2.73. The van der Waals surface area contributed by atoms with E-state index in [0.29, 0.717) is 38.9 Å². The fourth-order valence-electron chi connectivity index (χ4n) is 1.81. The van der Waals surface area contributed by atoms with Gasteiger partial charge in [0.15, 0.2) is 0 Å². The summed E-state index contributed by atoms with van der Waals surface area (Å²) in [6.07, 6.45) is 1.39. The zero-order chi connectivity index (χ0) is 17.9. The number of carbonyl (C=O) groups is 3. The molecule has 0 saturated heterocycles. The average Bonchev–Trinajstić information content (AvgIpc) is 2.40. The predicted octanol–water partition coefficient (Wildman–Crippen LogP) is 0.261. The van der Waals surface area contributed by atoms with Crippen molar-refractivity contribution < 1.29 is 19.1 Å². The Morgan fingerprint density at radius 2 is 1.74 bits per heavy atom. The smallest absolute Gasteiger partial charge is 0.407 e. The SMILES string of the molecule is CC(=O)NC(CCCCNC(=O)OC(C)(C)C)C(=O)NCCN. The third-order valence-electron chi connectivity index (χ3n) is 2.73.